The molecule has 1 aromatic heterocycles. The largest absolute Gasteiger partial charge is 0.438 e. The van der Waals surface area contributed by atoms with Gasteiger partial charge >= 0.3 is 0 Å². The second-order valence-corrected chi connectivity index (χ2v) is 5.62. The Hall–Kier alpha value is -1.88. The Bertz CT molecular complexity index is 641. The van der Waals surface area contributed by atoms with Gasteiger partial charge in [0.15, 0.2) is 0 Å². The van der Waals surface area contributed by atoms with Gasteiger partial charge in [-0.25, -0.2) is 4.98 Å². The van der Waals surface area contributed by atoms with Crippen LogP contribution in [0, 0.1) is 5.41 Å². The number of nitrogens with zero attached hydrogens (tertiary/aromatic N) is 1. The number of nitrogens with two attached hydrogens (primary N) is 1. The van der Waals surface area contributed by atoms with Crippen LogP contribution in [0.15, 0.2) is 41.0 Å². The Morgan fingerprint density at radius 1 is 1.35 bits per heavy atom. The molecule has 2 rings (SSSR count). The van der Waals surface area contributed by atoms with E-state index in [1.54, 1.807) is 18.3 Å². The van der Waals surface area contributed by atoms with Gasteiger partial charge in [0.2, 0.25) is 5.88 Å². The van der Waals surface area contributed by atoms with Gasteiger partial charge in [-0.2, -0.15) is 0 Å². The van der Waals surface area contributed by atoms with Crippen LogP contribution in [0.25, 0.3) is 0 Å². The normalized spacial score (nSPS) is 10.6. The number of pyridine rings is 1. The van der Waals surface area contributed by atoms with Gasteiger partial charge in [-0.1, -0.05) is 29.8 Å². The van der Waals surface area contributed by atoms with Crippen LogP contribution < -0.4 is 10.5 Å². The molecule has 0 spiro atoms. The third-order valence-corrected chi connectivity index (χ3v) is 3.36. The van der Waals surface area contributed by atoms with Crippen LogP contribution in [-0.2, 0) is 0 Å². The van der Waals surface area contributed by atoms with Crippen molar-refractivity contribution >= 4 is 21.8 Å². The standard InChI is InChI=1S/C15H16BrN3O/c1-9(2)12-8-10(16)5-6-13(12)20-15-11(14(17)18)4-3-7-19-15/h3-9H,1-2H3,(H3,17,18). The lowest BCUT2D eigenvalue weighted by molar-refractivity contribution is 0.453. The van der Waals surface area contributed by atoms with Crippen LogP contribution in [0.1, 0.15) is 30.9 Å². The van der Waals surface area contributed by atoms with Gasteiger partial charge in [0.05, 0.1) is 5.56 Å². The summed E-state index contributed by atoms with van der Waals surface area (Å²) in [6, 6.07) is 9.28. The molecule has 104 valence electrons. The zero-order valence-corrected chi connectivity index (χ0v) is 12.9. The number of ether oxygens (including phenoxy) is 1. The van der Waals surface area contributed by atoms with Gasteiger partial charge < -0.3 is 10.5 Å². The van der Waals surface area contributed by atoms with E-state index in [4.69, 9.17) is 15.9 Å². The van der Waals surface area contributed by atoms with Crippen molar-refractivity contribution in [1.82, 2.24) is 4.98 Å². The van der Waals surface area contributed by atoms with Crippen LogP contribution in [0.4, 0.5) is 0 Å². The van der Waals surface area contributed by atoms with Gasteiger partial charge in [0, 0.05) is 10.7 Å². The molecule has 3 N–H and O–H groups in total. The summed E-state index contributed by atoms with van der Waals surface area (Å²) in [6.45, 7) is 4.19. The molecule has 0 fully saturated rings. The van der Waals surface area contributed by atoms with Crippen LogP contribution in [0.2, 0.25) is 0 Å². The number of nitrogen functional groups attached to an aromatic ring is 1. The van der Waals surface area contributed by atoms with Crippen LogP contribution >= 0.6 is 15.9 Å². The summed E-state index contributed by atoms with van der Waals surface area (Å²) in [7, 11) is 0. The maximum absolute atomic E-state index is 7.56. The molecule has 0 aliphatic heterocycles. The lowest BCUT2D eigenvalue weighted by Gasteiger charge is -2.15. The fourth-order valence-corrected chi connectivity index (χ4v) is 2.22. The predicted octanol–water partition coefficient (Wildman–Crippen LogP) is 4.04. The first-order valence-corrected chi connectivity index (χ1v) is 7.05. The Morgan fingerprint density at radius 3 is 2.75 bits per heavy atom. The van der Waals surface area contributed by atoms with E-state index in [-0.39, 0.29) is 5.84 Å². The van der Waals surface area contributed by atoms with E-state index >= 15 is 0 Å². The smallest absolute Gasteiger partial charge is 0.230 e. The molecule has 0 atom stereocenters. The van der Waals surface area contributed by atoms with Crippen molar-refractivity contribution in [1.29, 1.82) is 5.41 Å². The number of hydrogen-bond acceptors (Lipinski definition) is 3. The molecule has 20 heavy (non-hydrogen) atoms. The molecule has 0 bridgehead atoms. The van der Waals surface area contributed by atoms with Gasteiger partial charge in [-0.15, -0.1) is 0 Å². The van der Waals surface area contributed by atoms with Gasteiger partial charge in [0.1, 0.15) is 11.6 Å². The van der Waals surface area contributed by atoms with Crippen molar-refractivity contribution in [2.75, 3.05) is 0 Å². The Morgan fingerprint density at radius 2 is 2.10 bits per heavy atom. The van der Waals surface area contributed by atoms with Crippen LogP contribution in [0.5, 0.6) is 11.6 Å². The molecular formula is C15H16BrN3O. The second kappa shape index (κ2) is 6.05. The summed E-state index contributed by atoms with van der Waals surface area (Å²) in [4.78, 5) is 4.16. The molecule has 0 aliphatic rings. The Kier molecular flexibility index (Phi) is 4.39. The lowest BCUT2D eigenvalue weighted by Crippen LogP contribution is -2.13. The first-order chi connectivity index (χ1) is 9.49. The number of amidine groups is 1. The lowest BCUT2D eigenvalue weighted by atomic mass is 10.0. The summed E-state index contributed by atoms with van der Waals surface area (Å²) in [5.74, 6) is 1.33. The van der Waals surface area contributed by atoms with Crippen molar-refractivity contribution in [3.05, 3.63) is 52.1 Å². The molecule has 5 heteroatoms. The SMILES string of the molecule is CC(C)c1cc(Br)ccc1Oc1ncccc1C(=N)N. The Labute approximate surface area is 126 Å². The van der Waals surface area contributed by atoms with Gasteiger partial charge in [-0.05, 0) is 41.8 Å². The van der Waals surface area contributed by atoms with Crippen molar-refractivity contribution < 1.29 is 4.74 Å². The molecule has 0 saturated carbocycles. The summed E-state index contributed by atoms with van der Waals surface area (Å²) in [5, 5.41) is 7.56. The second-order valence-electron chi connectivity index (χ2n) is 4.71. The monoisotopic (exact) mass is 333 g/mol. The first kappa shape index (κ1) is 14.5. The zero-order chi connectivity index (χ0) is 14.7. The van der Waals surface area contributed by atoms with E-state index in [1.807, 2.05) is 18.2 Å². The summed E-state index contributed by atoms with van der Waals surface area (Å²) >= 11 is 3.46. The number of hydrogen-bond donors (Lipinski definition) is 2. The molecular weight excluding hydrogens is 318 g/mol. The van der Waals surface area contributed by atoms with Crippen molar-refractivity contribution in [2.24, 2.45) is 5.73 Å². The predicted molar refractivity (Wildman–Crippen MR) is 83.6 cm³/mol. The van der Waals surface area contributed by atoms with E-state index in [2.05, 4.69) is 34.8 Å². The molecule has 1 heterocycles. The summed E-state index contributed by atoms with van der Waals surface area (Å²) in [5.41, 5.74) is 7.11. The highest BCUT2D eigenvalue weighted by Gasteiger charge is 2.13. The highest BCUT2D eigenvalue weighted by molar-refractivity contribution is 9.10. The average molecular weight is 334 g/mol. The number of benzene rings is 1. The molecule has 0 aliphatic carbocycles. The topological polar surface area (TPSA) is 72.0 Å². The minimum atomic E-state index is -0.0590. The maximum atomic E-state index is 7.56. The summed E-state index contributed by atoms with van der Waals surface area (Å²) < 4.78 is 6.87. The van der Waals surface area contributed by atoms with Crippen molar-refractivity contribution in [3.63, 3.8) is 0 Å². The molecule has 4 nitrogen and oxygen atoms in total. The first-order valence-electron chi connectivity index (χ1n) is 6.25. The molecule has 2 aromatic rings. The maximum Gasteiger partial charge on any atom is 0.230 e. The third-order valence-electron chi connectivity index (χ3n) is 2.86. The van der Waals surface area contributed by atoms with E-state index in [1.165, 1.54) is 0 Å². The van der Waals surface area contributed by atoms with E-state index in [0.29, 0.717) is 17.4 Å². The van der Waals surface area contributed by atoms with E-state index in [0.717, 1.165) is 15.8 Å². The fraction of sp³-hybridized carbons (Fsp3) is 0.200. The van der Waals surface area contributed by atoms with Crippen molar-refractivity contribution in [2.45, 2.75) is 19.8 Å². The number of halogens is 1. The number of aromatic nitrogens is 1. The highest BCUT2D eigenvalue weighted by Crippen LogP contribution is 2.33. The van der Waals surface area contributed by atoms with E-state index < -0.39 is 0 Å². The molecule has 0 unspecified atom stereocenters. The number of nitrogens with one attached hydrogen (secondary N) is 1. The van der Waals surface area contributed by atoms with Gasteiger partial charge in [-0.3, -0.25) is 5.41 Å². The average Bonchev–Trinajstić information content (AvgIpc) is 2.41. The molecule has 0 saturated heterocycles. The molecule has 1 aromatic carbocycles. The molecule has 0 radical (unpaired) electrons. The number of rotatable bonds is 4. The highest BCUT2D eigenvalue weighted by atomic mass is 79.9. The molecule has 0 amide bonds. The fourth-order valence-electron chi connectivity index (χ4n) is 1.84. The van der Waals surface area contributed by atoms with Crippen LogP contribution in [-0.4, -0.2) is 10.8 Å². The van der Waals surface area contributed by atoms with Crippen molar-refractivity contribution in [3.8, 4) is 11.6 Å². The minimum absolute atomic E-state index is 0.0590. The summed E-state index contributed by atoms with van der Waals surface area (Å²) in [6.07, 6.45) is 1.62. The van der Waals surface area contributed by atoms with E-state index in [9.17, 15) is 0 Å². The van der Waals surface area contributed by atoms with Gasteiger partial charge in [0.25, 0.3) is 0 Å². The zero-order valence-electron chi connectivity index (χ0n) is 11.4. The van der Waals surface area contributed by atoms with Crippen LogP contribution in [0.3, 0.4) is 0 Å². The Balaban J connectivity index is 2.43. The quantitative estimate of drug-likeness (QED) is 0.655. The minimum Gasteiger partial charge on any atom is -0.438 e. The third kappa shape index (κ3) is 3.17.